The SMILES string of the molecule is N#Cc1c(-c2ccccc2)cnc(Cl)c1F. The Morgan fingerprint density at radius 1 is 1.25 bits per heavy atom. The first-order valence-corrected chi connectivity index (χ1v) is 4.91. The van der Waals surface area contributed by atoms with Crippen LogP contribution in [0.4, 0.5) is 4.39 Å². The maximum Gasteiger partial charge on any atom is 0.178 e. The first kappa shape index (κ1) is 10.6. The van der Waals surface area contributed by atoms with Crippen molar-refractivity contribution in [1.29, 1.82) is 5.26 Å². The topological polar surface area (TPSA) is 36.7 Å². The molecular formula is C12H6ClFN2. The third-order valence-corrected chi connectivity index (χ3v) is 2.44. The number of pyridine rings is 1. The molecule has 0 spiro atoms. The van der Waals surface area contributed by atoms with Gasteiger partial charge in [0, 0.05) is 11.8 Å². The summed E-state index contributed by atoms with van der Waals surface area (Å²) >= 11 is 5.51. The first-order valence-electron chi connectivity index (χ1n) is 4.53. The highest BCUT2D eigenvalue weighted by atomic mass is 35.5. The smallest absolute Gasteiger partial charge is 0.178 e. The van der Waals surface area contributed by atoms with E-state index in [1.807, 2.05) is 18.2 Å². The van der Waals surface area contributed by atoms with Gasteiger partial charge in [0.25, 0.3) is 0 Å². The minimum absolute atomic E-state index is 0.0776. The Kier molecular flexibility index (Phi) is 2.84. The van der Waals surface area contributed by atoms with Crippen molar-refractivity contribution >= 4 is 11.6 Å². The maximum absolute atomic E-state index is 13.5. The lowest BCUT2D eigenvalue weighted by Crippen LogP contribution is -1.93. The summed E-state index contributed by atoms with van der Waals surface area (Å²) in [7, 11) is 0. The van der Waals surface area contributed by atoms with E-state index in [-0.39, 0.29) is 10.7 Å². The fourth-order valence-corrected chi connectivity index (χ4v) is 1.55. The Morgan fingerprint density at radius 3 is 2.56 bits per heavy atom. The van der Waals surface area contributed by atoms with Gasteiger partial charge in [0.1, 0.15) is 11.6 Å². The highest BCUT2D eigenvalue weighted by Crippen LogP contribution is 2.27. The van der Waals surface area contributed by atoms with Gasteiger partial charge in [0.15, 0.2) is 11.0 Å². The standard InChI is InChI=1S/C12H6ClFN2/c13-12-11(14)9(6-15)10(7-16-12)8-4-2-1-3-5-8/h1-5,7H. The third-order valence-electron chi connectivity index (χ3n) is 2.17. The summed E-state index contributed by atoms with van der Waals surface area (Å²) in [6, 6.07) is 10.8. The van der Waals surface area contributed by atoms with E-state index >= 15 is 0 Å². The Hall–Kier alpha value is -1.92. The molecule has 1 aromatic carbocycles. The summed E-state index contributed by atoms with van der Waals surface area (Å²) in [5, 5.41) is 8.63. The van der Waals surface area contributed by atoms with Gasteiger partial charge in [0.2, 0.25) is 0 Å². The minimum atomic E-state index is -0.773. The van der Waals surface area contributed by atoms with Crippen LogP contribution >= 0.6 is 11.6 Å². The summed E-state index contributed by atoms with van der Waals surface area (Å²) in [6.07, 6.45) is 1.40. The number of halogens is 2. The van der Waals surface area contributed by atoms with Crippen molar-refractivity contribution in [2.45, 2.75) is 0 Å². The molecule has 0 amide bonds. The van der Waals surface area contributed by atoms with Crippen LogP contribution in [-0.4, -0.2) is 4.98 Å². The second kappa shape index (κ2) is 4.30. The van der Waals surface area contributed by atoms with Crippen LogP contribution in [0.2, 0.25) is 5.15 Å². The lowest BCUT2D eigenvalue weighted by atomic mass is 10.0. The van der Waals surface area contributed by atoms with Gasteiger partial charge < -0.3 is 0 Å². The molecule has 4 heteroatoms. The molecule has 0 unspecified atom stereocenters. The van der Waals surface area contributed by atoms with Gasteiger partial charge >= 0.3 is 0 Å². The molecule has 0 radical (unpaired) electrons. The van der Waals surface area contributed by atoms with Crippen LogP contribution in [0.15, 0.2) is 36.5 Å². The lowest BCUT2D eigenvalue weighted by molar-refractivity contribution is 0.618. The van der Waals surface area contributed by atoms with Gasteiger partial charge in [-0.15, -0.1) is 0 Å². The van der Waals surface area contributed by atoms with Gasteiger partial charge in [-0.2, -0.15) is 5.26 Å². The number of hydrogen-bond acceptors (Lipinski definition) is 2. The Balaban J connectivity index is 2.68. The van der Waals surface area contributed by atoms with Crippen LogP contribution < -0.4 is 0 Å². The third kappa shape index (κ3) is 1.75. The van der Waals surface area contributed by atoms with Crippen molar-refractivity contribution in [2.75, 3.05) is 0 Å². The number of hydrogen-bond donors (Lipinski definition) is 0. The van der Waals surface area contributed by atoms with E-state index in [1.165, 1.54) is 6.20 Å². The van der Waals surface area contributed by atoms with Gasteiger partial charge in [-0.1, -0.05) is 41.9 Å². The second-order valence-electron chi connectivity index (χ2n) is 3.13. The molecule has 0 bridgehead atoms. The predicted octanol–water partition coefficient (Wildman–Crippen LogP) is 3.41. The molecule has 0 N–H and O–H groups in total. The van der Waals surface area contributed by atoms with Gasteiger partial charge in [-0.25, -0.2) is 9.37 Å². The molecule has 0 aliphatic carbocycles. The van der Waals surface area contributed by atoms with Crippen molar-refractivity contribution in [3.8, 4) is 17.2 Å². The molecule has 2 aromatic rings. The fraction of sp³-hybridized carbons (Fsp3) is 0. The monoisotopic (exact) mass is 232 g/mol. The van der Waals surface area contributed by atoms with Crippen molar-refractivity contribution in [2.24, 2.45) is 0 Å². The predicted molar refractivity (Wildman–Crippen MR) is 59.4 cm³/mol. The number of benzene rings is 1. The quantitative estimate of drug-likeness (QED) is 0.707. The number of rotatable bonds is 1. The molecule has 78 valence electrons. The van der Waals surface area contributed by atoms with Crippen LogP contribution in [0.25, 0.3) is 11.1 Å². The Bertz CT molecular complexity index is 561. The molecule has 0 saturated carbocycles. The normalized spacial score (nSPS) is 9.81. The van der Waals surface area contributed by atoms with Crippen LogP contribution in [0.1, 0.15) is 5.56 Å². The molecule has 1 heterocycles. The highest BCUT2D eigenvalue weighted by Gasteiger charge is 2.14. The zero-order valence-corrected chi connectivity index (χ0v) is 8.87. The zero-order chi connectivity index (χ0) is 11.5. The molecular weight excluding hydrogens is 227 g/mol. The highest BCUT2D eigenvalue weighted by molar-refractivity contribution is 6.29. The molecule has 0 saturated heterocycles. The molecule has 16 heavy (non-hydrogen) atoms. The average molecular weight is 233 g/mol. The van der Waals surface area contributed by atoms with E-state index in [4.69, 9.17) is 16.9 Å². The van der Waals surface area contributed by atoms with E-state index in [0.717, 1.165) is 5.56 Å². The fourth-order valence-electron chi connectivity index (χ4n) is 1.41. The average Bonchev–Trinajstić information content (AvgIpc) is 2.33. The van der Waals surface area contributed by atoms with E-state index in [0.29, 0.717) is 5.56 Å². The lowest BCUT2D eigenvalue weighted by Gasteiger charge is -2.04. The minimum Gasteiger partial charge on any atom is -0.241 e. The van der Waals surface area contributed by atoms with Crippen LogP contribution in [0, 0.1) is 17.1 Å². The zero-order valence-electron chi connectivity index (χ0n) is 8.11. The Labute approximate surface area is 96.9 Å². The van der Waals surface area contributed by atoms with Crippen molar-refractivity contribution < 1.29 is 4.39 Å². The second-order valence-corrected chi connectivity index (χ2v) is 3.49. The van der Waals surface area contributed by atoms with E-state index < -0.39 is 5.82 Å². The molecule has 0 aliphatic heterocycles. The summed E-state index contributed by atoms with van der Waals surface area (Å²) in [5.74, 6) is -0.773. The summed E-state index contributed by atoms with van der Waals surface area (Å²) in [6.45, 7) is 0. The molecule has 0 aliphatic rings. The summed E-state index contributed by atoms with van der Waals surface area (Å²) in [5.41, 5.74) is 1.11. The van der Waals surface area contributed by atoms with E-state index in [1.54, 1.807) is 18.2 Å². The largest absolute Gasteiger partial charge is 0.241 e. The summed E-state index contributed by atoms with van der Waals surface area (Å²) in [4.78, 5) is 3.70. The number of nitrogens with zero attached hydrogens (tertiary/aromatic N) is 2. The molecule has 0 atom stereocenters. The molecule has 0 fully saturated rings. The van der Waals surface area contributed by atoms with Crippen LogP contribution in [0.3, 0.4) is 0 Å². The van der Waals surface area contributed by atoms with Crippen LogP contribution in [-0.2, 0) is 0 Å². The van der Waals surface area contributed by atoms with Crippen LogP contribution in [0.5, 0.6) is 0 Å². The van der Waals surface area contributed by atoms with Crippen molar-refractivity contribution in [3.05, 3.63) is 53.1 Å². The maximum atomic E-state index is 13.5. The van der Waals surface area contributed by atoms with Gasteiger partial charge in [-0.05, 0) is 5.56 Å². The van der Waals surface area contributed by atoms with Crippen molar-refractivity contribution in [3.63, 3.8) is 0 Å². The van der Waals surface area contributed by atoms with Gasteiger partial charge in [-0.3, -0.25) is 0 Å². The summed E-state index contributed by atoms with van der Waals surface area (Å²) < 4.78 is 13.5. The molecule has 2 nitrogen and oxygen atoms in total. The van der Waals surface area contributed by atoms with Crippen molar-refractivity contribution in [1.82, 2.24) is 4.98 Å². The first-order chi connectivity index (χ1) is 7.74. The number of nitriles is 1. The number of aromatic nitrogens is 1. The molecule has 1 aromatic heterocycles. The molecule has 2 rings (SSSR count). The van der Waals surface area contributed by atoms with E-state index in [2.05, 4.69) is 4.98 Å². The van der Waals surface area contributed by atoms with Gasteiger partial charge in [0.05, 0.1) is 0 Å². The van der Waals surface area contributed by atoms with E-state index in [9.17, 15) is 4.39 Å². The Morgan fingerprint density at radius 2 is 1.94 bits per heavy atom.